The topological polar surface area (TPSA) is 86.5 Å². The second-order valence-electron chi connectivity index (χ2n) is 3.93. The van der Waals surface area contributed by atoms with Gasteiger partial charge in [0.05, 0.1) is 13.2 Å². The minimum absolute atomic E-state index is 0.0884. The molecule has 1 heterocycles. The third-order valence-electron chi connectivity index (χ3n) is 2.40. The smallest absolute Gasteiger partial charge is 0.282 e. The Morgan fingerprint density at radius 3 is 2.53 bits per heavy atom. The number of aromatic nitrogens is 1. The lowest BCUT2D eigenvalue weighted by molar-refractivity contribution is 0.390. The Bertz CT molecular complexity index is 548. The molecule has 0 fully saturated rings. The summed E-state index contributed by atoms with van der Waals surface area (Å²) < 4.78 is 31.1. The highest BCUT2D eigenvalue weighted by Crippen LogP contribution is 2.12. The third-order valence-corrected chi connectivity index (χ3v) is 4.23. The molecule has 104 valence electrons. The van der Waals surface area contributed by atoms with Crippen molar-refractivity contribution in [2.24, 2.45) is 0 Å². The highest BCUT2D eigenvalue weighted by molar-refractivity contribution is 7.86. The number of ether oxygens (including phenoxy) is 1. The second-order valence-corrected chi connectivity index (χ2v) is 6.07. The Balaban J connectivity index is 2.93. The van der Waals surface area contributed by atoms with Gasteiger partial charge in [0.2, 0.25) is 5.88 Å². The molecule has 0 unspecified atom stereocenters. The molecule has 0 amide bonds. The maximum absolute atomic E-state index is 12.0. The van der Waals surface area contributed by atoms with E-state index in [1.165, 1.54) is 27.4 Å². The van der Waals surface area contributed by atoms with E-state index in [1.807, 2.05) is 6.07 Å². The summed E-state index contributed by atoms with van der Waals surface area (Å²) in [6, 6.07) is 5.20. The van der Waals surface area contributed by atoms with Gasteiger partial charge >= 0.3 is 0 Å². The SMILES string of the molecule is COc1ccc(CN(CC#N)S(=O)(=O)N(C)C)cn1. The van der Waals surface area contributed by atoms with Crippen molar-refractivity contribution in [2.45, 2.75) is 6.54 Å². The first kappa shape index (κ1) is 15.4. The Labute approximate surface area is 113 Å². The van der Waals surface area contributed by atoms with Crippen LogP contribution in [0.1, 0.15) is 5.56 Å². The zero-order chi connectivity index (χ0) is 14.5. The molecule has 0 radical (unpaired) electrons. The molecule has 19 heavy (non-hydrogen) atoms. The zero-order valence-electron chi connectivity index (χ0n) is 11.1. The fourth-order valence-corrected chi connectivity index (χ4v) is 2.35. The minimum Gasteiger partial charge on any atom is -0.481 e. The molecule has 0 spiro atoms. The average Bonchev–Trinajstić information content (AvgIpc) is 2.38. The fourth-order valence-electron chi connectivity index (χ4n) is 1.36. The van der Waals surface area contributed by atoms with Gasteiger partial charge in [0.25, 0.3) is 10.2 Å². The summed E-state index contributed by atoms with van der Waals surface area (Å²) in [6.45, 7) is -0.127. The molecule has 0 aliphatic rings. The molecule has 0 saturated carbocycles. The number of nitriles is 1. The van der Waals surface area contributed by atoms with E-state index in [0.29, 0.717) is 11.4 Å². The van der Waals surface area contributed by atoms with Crippen molar-refractivity contribution in [3.63, 3.8) is 0 Å². The molecular formula is C11H16N4O3S. The van der Waals surface area contributed by atoms with Gasteiger partial charge in [-0.15, -0.1) is 0 Å². The quantitative estimate of drug-likeness (QED) is 0.698. The summed E-state index contributed by atoms with van der Waals surface area (Å²) in [4.78, 5) is 4.00. The van der Waals surface area contributed by atoms with Crippen molar-refractivity contribution >= 4 is 10.2 Å². The number of methoxy groups -OCH3 is 1. The molecule has 0 aliphatic carbocycles. The first-order valence-electron chi connectivity index (χ1n) is 5.45. The summed E-state index contributed by atoms with van der Waals surface area (Å²) in [5, 5.41) is 8.73. The van der Waals surface area contributed by atoms with E-state index >= 15 is 0 Å². The Morgan fingerprint density at radius 2 is 2.11 bits per heavy atom. The molecule has 7 nitrogen and oxygen atoms in total. The van der Waals surface area contributed by atoms with Crippen LogP contribution in [-0.2, 0) is 16.8 Å². The summed E-state index contributed by atoms with van der Waals surface area (Å²) in [6.07, 6.45) is 1.52. The summed E-state index contributed by atoms with van der Waals surface area (Å²) >= 11 is 0. The van der Waals surface area contributed by atoms with E-state index in [4.69, 9.17) is 10.00 Å². The van der Waals surface area contributed by atoms with Crippen LogP contribution < -0.4 is 4.74 Å². The van der Waals surface area contributed by atoms with Gasteiger partial charge in [0.15, 0.2) is 0 Å². The molecule has 1 rings (SSSR count). The summed E-state index contributed by atoms with van der Waals surface area (Å²) in [5.74, 6) is 0.450. The Morgan fingerprint density at radius 1 is 1.42 bits per heavy atom. The number of nitrogens with zero attached hydrogens (tertiary/aromatic N) is 4. The normalized spacial score (nSPS) is 11.6. The highest BCUT2D eigenvalue weighted by Gasteiger charge is 2.24. The molecular weight excluding hydrogens is 268 g/mol. The summed E-state index contributed by atoms with van der Waals surface area (Å²) in [7, 11) is 0.716. The number of rotatable bonds is 6. The van der Waals surface area contributed by atoms with Crippen LogP contribution in [0.4, 0.5) is 0 Å². The number of pyridine rings is 1. The molecule has 1 aromatic heterocycles. The van der Waals surface area contributed by atoms with Gasteiger partial charge in [0.1, 0.15) is 6.54 Å². The predicted molar refractivity (Wildman–Crippen MR) is 69.4 cm³/mol. The maximum Gasteiger partial charge on any atom is 0.282 e. The van der Waals surface area contributed by atoms with Crippen LogP contribution >= 0.6 is 0 Å². The first-order chi connectivity index (χ1) is 8.91. The monoisotopic (exact) mass is 284 g/mol. The van der Waals surface area contributed by atoms with E-state index in [-0.39, 0.29) is 13.1 Å². The lowest BCUT2D eigenvalue weighted by Crippen LogP contribution is -2.39. The van der Waals surface area contributed by atoms with Crippen LogP contribution in [0.2, 0.25) is 0 Å². The van der Waals surface area contributed by atoms with Crippen molar-refractivity contribution in [2.75, 3.05) is 27.7 Å². The Hall–Kier alpha value is -1.69. The van der Waals surface area contributed by atoms with E-state index in [9.17, 15) is 8.42 Å². The van der Waals surface area contributed by atoms with Gasteiger partial charge in [-0.25, -0.2) is 4.98 Å². The summed E-state index contributed by atoms with van der Waals surface area (Å²) in [5.41, 5.74) is 0.682. The Kier molecular flexibility index (Phi) is 5.23. The lowest BCUT2D eigenvalue weighted by Gasteiger charge is -2.22. The van der Waals surface area contributed by atoms with Crippen LogP contribution in [0, 0.1) is 11.3 Å². The van der Waals surface area contributed by atoms with Crippen LogP contribution in [0.5, 0.6) is 5.88 Å². The van der Waals surface area contributed by atoms with Crippen molar-refractivity contribution in [1.29, 1.82) is 5.26 Å². The number of hydrogen-bond acceptors (Lipinski definition) is 5. The van der Waals surface area contributed by atoms with Gasteiger partial charge in [-0.2, -0.15) is 22.3 Å². The van der Waals surface area contributed by atoms with Gasteiger partial charge in [-0.3, -0.25) is 0 Å². The third kappa shape index (κ3) is 3.89. The van der Waals surface area contributed by atoms with Crippen molar-refractivity contribution in [3.05, 3.63) is 23.9 Å². The van der Waals surface area contributed by atoms with Crippen molar-refractivity contribution < 1.29 is 13.2 Å². The zero-order valence-corrected chi connectivity index (χ0v) is 11.9. The number of hydrogen-bond donors (Lipinski definition) is 0. The maximum atomic E-state index is 12.0. The van der Waals surface area contributed by atoms with Gasteiger partial charge in [-0.1, -0.05) is 6.07 Å². The highest BCUT2D eigenvalue weighted by atomic mass is 32.2. The van der Waals surface area contributed by atoms with Crippen LogP contribution in [0.15, 0.2) is 18.3 Å². The van der Waals surface area contributed by atoms with Crippen LogP contribution in [0.3, 0.4) is 0 Å². The van der Waals surface area contributed by atoms with Crippen molar-refractivity contribution in [1.82, 2.24) is 13.6 Å². The van der Waals surface area contributed by atoms with E-state index < -0.39 is 10.2 Å². The lowest BCUT2D eigenvalue weighted by atomic mass is 10.3. The standard InChI is InChI=1S/C11H16N4O3S/c1-14(2)19(16,17)15(7-6-12)9-10-4-5-11(18-3)13-8-10/h4-5,8H,7,9H2,1-3H3. The minimum atomic E-state index is -3.63. The predicted octanol–water partition coefficient (Wildman–Crippen LogP) is 0.222. The second kappa shape index (κ2) is 6.47. The first-order valence-corrected chi connectivity index (χ1v) is 6.85. The van der Waals surface area contributed by atoms with E-state index in [0.717, 1.165) is 8.61 Å². The van der Waals surface area contributed by atoms with Crippen LogP contribution in [-0.4, -0.2) is 49.8 Å². The molecule has 8 heteroatoms. The van der Waals surface area contributed by atoms with Gasteiger partial charge in [-0.05, 0) is 5.56 Å². The molecule has 0 saturated heterocycles. The van der Waals surface area contributed by atoms with Gasteiger partial charge < -0.3 is 4.74 Å². The molecule has 0 aromatic carbocycles. The molecule has 0 bridgehead atoms. The molecule has 0 aliphatic heterocycles. The molecule has 1 aromatic rings. The average molecular weight is 284 g/mol. The van der Waals surface area contributed by atoms with Crippen molar-refractivity contribution in [3.8, 4) is 11.9 Å². The van der Waals surface area contributed by atoms with Gasteiger partial charge in [0, 0.05) is 32.9 Å². The molecule has 0 atom stereocenters. The fraction of sp³-hybridized carbons (Fsp3) is 0.455. The van der Waals surface area contributed by atoms with E-state index in [2.05, 4.69) is 4.98 Å². The largest absolute Gasteiger partial charge is 0.481 e. The van der Waals surface area contributed by atoms with E-state index in [1.54, 1.807) is 12.1 Å². The molecule has 0 N–H and O–H groups in total. The van der Waals surface area contributed by atoms with Crippen LogP contribution in [0.25, 0.3) is 0 Å².